The van der Waals surface area contributed by atoms with E-state index in [1.54, 1.807) is 12.1 Å². The summed E-state index contributed by atoms with van der Waals surface area (Å²) in [7, 11) is -2.36. The van der Waals surface area contributed by atoms with E-state index in [0.717, 1.165) is 38.9 Å². The number of hydrogen-bond donors (Lipinski definition) is 1. The van der Waals surface area contributed by atoms with Gasteiger partial charge >= 0.3 is 0 Å². The van der Waals surface area contributed by atoms with Gasteiger partial charge in [0.15, 0.2) is 4.90 Å². The Hall–Kier alpha value is -1.31. The maximum atomic E-state index is 12.9. The molecule has 1 N–H and O–H groups in total. The van der Waals surface area contributed by atoms with E-state index in [0.29, 0.717) is 13.1 Å². The summed E-state index contributed by atoms with van der Waals surface area (Å²) in [6.07, 6.45) is 3.68. The van der Waals surface area contributed by atoms with Gasteiger partial charge in [-0.05, 0) is 43.2 Å². The van der Waals surface area contributed by atoms with Gasteiger partial charge in [0.2, 0.25) is 10.0 Å². The van der Waals surface area contributed by atoms with E-state index < -0.39 is 10.0 Å². The van der Waals surface area contributed by atoms with Crippen molar-refractivity contribution in [3.63, 3.8) is 0 Å². The van der Waals surface area contributed by atoms with E-state index in [1.807, 2.05) is 0 Å². The molecule has 7 heteroatoms. The van der Waals surface area contributed by atoms with E-state index in [-0.39, 0.29) is 21.8 Å². The number of sulfonamides is 1. The second-order valence-electron chi connectivity index (χ2n) is 6.32. The van der Waals surface area contributed by atoms with Gasteiger partial charge in [-0.3, -0.25) is 0 Å². The van der Waals surface area contributed by atoms with Crippen LogP contribution in [0.25, 0.3) is 0 Å². The molecular formula is C16H23NO5S. The smallest absolute Gasteiger partial charge is 0.250 e. The Morgan fingerprint density at radius 2 is 1.83 bits per heavy atom. The van der Waals surface area contributed by atoms with Crippen molar-refractivity contribution in [3.8, 4) is 11.5 Å². The summed E-state index contributed by atoms with van der Waals surface area (Å²) in [5, 5.41) is 10.0. The lowest BCUT2D eigenvalue weighted by Crippen LogP contribution is -2.45. The van der Waals surface area contributed by atoms with Gasteiger partial charge in [0.05, 0.1) is 7.11 Å². The van der Waals surface area contributed by atoms with Crippen LogP contribution in [0, 0.1) is 5.41 Å². The van der Waals surface area contributed by atoms with Gasteiger partial charge in [-0.1, -0.05) is 6.07 Å². The van der Waals surface area contributed by atoms with Crippen LogP contribution < -0.4 is 4.74 Å². The van der Waals surface area contributed by atoms with Crippen LogP contribution in [0.4, 0.5) is 0 Å². The van der Waals surface area contributed by atoms with E-state index >= 15 is 0 Å². The molecule has 2 aliphatic heterocycles. The average molecular weight is 341 g/mol. The van der Waals surface area contributed by atoms with Gasteiger partial charge in [0.25, 0.3) is 0 Å². The molecule has 3 rings (SSSR count). The molecule has 23 heavy (non-hydrogen) atoms. The molecule has 0 unspecified atom stereocenters. The largest absolute Gasteiger partial charge is 0.506 e. The molecule has 1 spiro atoms. The molecule has 0 bridgehead atoms. The summed E-state index contributed by atoms with van der Waals surface area (Å²) >= 11 is 0. The highest BCUT2D eigenvalue weighted by molar-refractivity contribution is 7.89. The topological polar surface area (TPSA) is 76.1 Å². The Kier molecular flexibility index (Phi) is 4.53. The number of rotatable bonds is 3. The molecule has 0 saturated carbocycles. The number of nitrogens with zero attached hydrogens (tertiary/aromatic N) is 1. The Bertz CT molecular complexity index is 657. The first kappa shape index (κ1) is 16.5. The monoisotopic (exact) mass is 341 g/mol. The lowest BCUT2D eigenvalue weighted by Gasteiger charge is -2.43. The third-order valence-corrected chi connectivity index (χ3v) is 7.08. The van der Waals surface area contributed by atoms with Crippen molar-refractivity contribution in [2.24, 2.45) is 5.41 Å². The van der Waals surface area contributed by atoms with E-state index in [2.05, 4.69) is 0 Å². The standard InChI is InChI=1S/C16H23NO5S/c1-21-14-4-2-3-13(18)15(14)23(19,20)17-9-5-16(6-10-17)7-11-22-12-8-16/h2-4,18H,5-12H2,1H3. The highest BCUT2D eigenvalue weighted by Crippen LogP contribution is 2.43. The Balaban J connectivity index is 1.82. The molecule has 2 saturated heterocycles. The average Bonchev–Trinajstić information content (AvgIpc) is 2.55. The van der Waals surface area contributed by atoms with Crippen LogP contribution in [0.15, 0.2) is 23.1 Å². The fourth-order valence-corrected chi connectivity index (χ4v) is 5.22. The molecule has 1 aromatic carbocycles. The zero-order valence-corrected chi connectivity index (χ0v) is 14.1. The van der Waals surface area contributed by atoms with E-state index in [1.165, 1.54) is 17.5 Å². The van der Waals surface area contributed by atoms with Gasteiger partial charge in [0.1, 0.15) is 11.5 Å². The fourth-order valence-electron chi connectivity index (χ4n) is 3.56. The predicted octanol–water partition coefficient (Wildman–Crippen LogP) is 1.98. The fraction of sp³-hybridized carbons (Fsp3) is 0.625. The molecule has 2 heterocycles. The molecule has 0 radical (unpaired) electrons. The van der Waals surface area contributed by atoms with Gasteiger partial charge in [-0.25, -0.2) is 8.42 Å². The van der Waals surface area contributed by atoms with Crippen molar-refractivity contribution in [1.29, 1.82) is 0 Å². The summed E-state index contributed by atoms with van der Waals surface area (Å²) in [4.78, 5) is -0.134. The zero-order chi connectivity index (χ0) is 16.5. The first-order valence-corrected chi connectivity index (χ1v) is 9.36. The Morgan fingerprint density at radius 1 is 1.17 bits per heavy atom. The Morgan fingerprint density at radius 3 is 2.43 bits per heavy atom. The van der Waals surface area contributed by atoms with Crippen molar-refractivity contribution in [2.45, 2.75) is 30.6 Å². The molecule has 2 fully saturated rings. The molecule has 0 atom stereocenters. The number of ether oxygens (including phenoxy) is 2. The van der Waals surface area contributed by atoms with E-state index in [9.17, 15) is 13.5 Å². The third-order valence-electron chi connectivity index (χ3n) is 5.11. The van der Waals surface area contributed by atoms with Crippen LogP contribution in [-0.4, -0.2) is 51.2 Å². The summed E-state index contributed by atoms with van der Waals surface area (Å²) in [6, 6.07) is 4.50. The molecular weight excluding hydrogens is 318 g/mol. The molecule has 6 nitrogen and oxygen atoms in total. The first-order chi connectivity index (χ1) is 11.0. The van der Waals surface area contributed by atoms with Crippen LogP contribution in [0.2, 0.25) is 0 Å². The maximum Gasteiger partial charge on any atom is 0.250 e. The lowest BCUT2D eigenvalue weighted by atomic mass is 9.73. The SMILES string of the molecule is COc1cccc(O)c1S(=O)(=O)N1CCC2(CCOCC2)CC1. The molecule has 0 amide bonds. The highest BCUT2D eigenvalue weighted by atomic mass is 32.2. The minimum absolute atomic E-state index is 0.134. The second-order valence-corrected chi connectivity index (χ2v) is 8.20. The summed E-state index contributed by atoms with van der Waals surface area (Å²) < 4.78 is 37.9. The van der Waals surface area contributed by atoms with Gasteiger partial charge in [-0.15, -0.1) is 0 Å². The molecule has 0 aromatic heterocycles. The number of phenolic OH excluding ortho intramolecular Hbond substituents is 1. The number of hydrogen-bond acceptors (Lipinski definition) is 5. The maximum absolute atomic E-state index is 12.9. The molecule has 128 valence electrons. The Labute approximate surface area is 137 Å². The quantitative estimate of drug-likeness (QED) is 0.910. The van der Waals surface area contributed by atoms with Crippen LogP contribution in [-0.2, 0) is 14.8 Å². The number of piperidine rings is 1. The zero-order valence-electron chi connectivity index (χ0n) is 13.3. The van der Waals surface area contributed by atoms with Crippen LogP contribution in [0.1, 0.15) is 25.7 Å². The van der Waals surface area contributed by atoms with Gasteiger partial charge in [0, 0.05) is 26.3 Å². The number of methoxy groups -OCH3 is 1. The highest BCUT2D eigenvalue weighted by Gasteiger charge is 2.40. The van der Waals surface area contributed by atoms with Crippen LogP contribution in [0.5, 0.6) is 11.5 Å². The van der Waals surface area contributed by atoms with Crippen LogP contribution in [0.3, 0.4) is 0 Å². The van der Waals surface area contributed by atoms with Crippen LogP contribution >= 0.6 is 0 Å². The van der Waals surface area contributed by atoms with E-state index in [4.69, 9.17) is 9.47 Å². The van der Waals surface area contributed by atoms with Crippen molar-refractivity contribution < 1.29 is 23.0 Å². The number of phenols is 1. The lowest BCUT2D eigenvalue weighted by molar-refractivity contribution is -0.0100. The minimum atomic E-state index is -3.76. The molecule has 2 aliphatic rings. The van der Waals surface area contributed by atoms with Crippen molar-refractivity contribution in [1.82, 2.24) is 4.31 Å². The minimum Gasteiger partial charge on any atom is -0.506 e. The van der Waals surface area contributed by atoms with Crippen molar-refractivity contribution in [3.05, 3.63) is 18.2 Å². The molecule has 0 aliphatic carbocycles. The van der Waals surface area contributed by atoms with Gasteiger partial charge in [-0.2, -0.15) is 4.31 Å². The normalized spacial score (nSPS) is 22.1. The summed E-state index contributed by atoms with van der Waals surface area (Å²) in [5.74, 6) is -0.0907. The number of aromatic hydroxyl groups is 1. The number of benzene rings is 1. The predicted molar refractivity (Wildman–Crippen MR) is 85.1 cm³/mol. The van der Waals surface area contributed by atoms with Gasteiger partial charge < -0.3 is 14.6 Å². The summed E-state index contributed by atoms with van der Waals surface area (Å²) in [6.45, 7) is 2.47. The summed E-state index contributed by atoms with van der Waals surface area (Å²) in [5.41, 5.74) is 0.215. The first-order valence-electron chi connectivity index (χ1n) is 7.92. The third kappa shape index (κ3) is 3.05. The van der Waals surface area contributed by atoms with Crippen molar-refractivity contribution >= 4 is 10.0 Å². The van der Waals surface area contributed by atoms with Crippen molar-refractivity contribution in [2.75, 3.05) is 33.4 Å². The second kappa shape index (κ2) is 6.30. The molecule has 1 aromatic rings.